The molecule has 1 rings (SSSR count). The molecule has 0 fully saturated rings. The largest absolute Gasteiger partial charge is 0.425 e. The zero-order valence-electron chi connectivity index (χ0n) is 13.4. The fraction of sp³-hybridized carbons (Fsp3) is 0.714. The molecule has 0 radical (unpaired) electrons. The van der Waals surface area contributed by atoms with Crippen LogP contribution >= 0.6 is 0 Å². The molecule has 0 aliphatic heterocycles. The Morgan fingerprint density at radius 2 is 1.91 bits per heavy atom. The summed E-state index contributed by atoms with van der Waals surface area (Å²) in [6.07, 6.45) is -3.68. The van der Waals surface area contributed by atoms with Gasteiger partial charge in [-0.05, 0) is 5.41 Å². The van der Waals surface area contributed by atoms with Gasteiger partial charge in [0, 0.05) is 33.0 Å². The van der Waals surface area contributed by atoms with Crippen molar-refractivity contribution in [2.75, 3.05) is 13.6 Å². The predicted molar refractivity (Wildman–Crippen MR) is 74.9 cm³/mol. The highest BCUT2D eigenvalue weighted by molar-refractivity contribution is 5.77. The first-order valence-corrected chi connectivity index (χ1v) is 6.79. The second-order valence-electron chi connectivity index (χ2n) is 6.71. The van der Waals surface area contributed by atoms with Gasteiger partial charge in [-0.25, -0.2) is 4.98 Å². The molecule has 1 atom stereocenters. The number of halogens is 3. The SMILES string of the molecule is CN(CC(C)(C)C)C(=O)CC(O)(c1nccn1C)C(F)(F)F. The highest BCUT2D eigenvalue weighted by atomic mass is 19.4. The summed E-state index contributed by atoms with van der Waals surface area (Å²) in [5.41, 5.74) is -3.57. The van der Waals surface area contributed by atoms with Crippen LogP contribution in [-0.2, 0) is 17.4 Å². The van der Waals surface area contributed by atoms with Gasteiger partial charge in [-0.15, -0.1) is 0 Å². The molecule has 22 heavy (non-hydrogen) atoms. The van der Waals surface area contributed by atoms with Gasteiger partial charge >= 0.3 is 6.18 Å². The van der Waals surface area contributed by atoms with E-state index in [2.05, 4.69) is 4.98 Å². The summed E-state index contributed by atoms with van der Waals surface area (Å²) >= 11 is 0. The summed E-state index contributed by atoms with van der Waals surface area (Å²) in [4.78, 5) is 16.9. The average Bonchev–Trinajstić information content (AvgIpc) is 2.71. The van der Waals surface area contributed by atoms with Crippen LogP contribution in [0.15, 0.2) is 12.4 Å². The maximum absolute atomic E-state index is 13.3. The standard InChI is InChI=1S/C14H22F3N3O2/c1-12(2,3)9-20(5)10(21)8-13(22,14(15,16)17)11-18-6-7-19(11)4/h6-7,22H,8-9H2,1-5H3. The fourth-order valence-electron chi connectivity index (χ4n) is 2.22. The summed E-state index contributed by atoms with van der Waals surface area (Å²) in [6, 6.07) is 0. The first kappa shape index (κ1) is 18.5. The highest BCUT2D eigenvalue weighted by Crippen LogP contribution is 2.41. The molecule has 0 spiro atoms. The number of hydrogen-bond acceptors (Lipinski definition) is 3. The summed E-state index contributed by atoms with van der Waals surface area (Å²) < 4.78 is 41.1. The van der Waals surface area contributed by atoms with Gasteiger partial charge < -0.3 is 14.6 Å². The maximum Gasteiger partial charge on any atom is 0.425 e. The zero-order valence-corrected chi connectivity index (χ0v) is 13.4. The molecule has 5 nitrogen and oxygen atoms in total. The van der Waals surface area contributed by atoms with E-state index in [9.17, 15) is 23.1 Å². The Balaban J connectivity index is 3.07. The molecule has 1 unspecified atom stereocenters. The third-order valence-corrected chi connectivity index (χ3v) is 3.20. The van der Waals surface area contributed by atoms with Crippen LogP contribution in [-0.4, -0.2) is 45.2 Å². The number of alkyl halides is 3. The number of amides is 1. The Hall–Kier alpha value is -1.57. The van der Waals surface area contributed by atoms with Gasteiger partial charge in [0.1, 0.15) is 0 Å². The topological polar surface area (TPSA) is 58.4 Å². The van der Waals surface area contributed by atoms with E-state index in [1.807, 2.05) is 20.8 Å². The van der Waals surface area contributed by atoms with E-state index in [-0.39, 0.29) is 12.0 Å². The molecule has 1 aromatic rings. The van der Waals surface area contributed by atoms with Crippen molar-refractivity contribution in [2.45, 2.75) is 39.0 Å². The summed E-state index contributed by atoms with van der Waals surface area (Å²) in [6.45, 7) is 5.88. The Kier molecular flexibility index (Phi) is 4.96. The quantitative estimate of drug-likeness (QED) is 0.923. The third kappa shape index (κ3) is 4.00. The van der Waals surface area contributed by atoms with Crippen LogP contribution in [0.1, 0.15) is 33.0 Å². The number of aryl methyl sites for hydroxylation is 1. The molecule has 1 N–H and O–H groups in total. The smallest absolute Gasteiger partial charge is 0.374 e. The molecule has 126 valence electrons. The van der Waals surface area contributed by atoms with Crippen molar-refractivity contribution in [3.05, 3.63) is 18.2 Å². The van der Waals surface area contributed by atoms with Crippen LogP contribution in [0.4, 0.5) is 13.2 Å². The van der Waals surface area contributed by atoms with E-state index >= 15 is 0 Å². The van der Waals surface area contributed by atoms with Crippen molar-refractivity contribution in [1.29, 1.82) is 0 Å². The maximum atomic E-state index is 13.3. The minimum atomic E-state index is -5.01. The lowest BCUT2D eigenvalue weighted by molar-refractivity contribution is -0.271. The van der Waals surface area contributed by atoms with Crippen LogP contribution in [0.3, 0.4) is 0 Å². The Labute approximate surface area is 127 Å². The number of aliphatic hydroxyl groups is 1. The molecule has 0 aliphatic rings. The van der Waals surface area contributed by atoms with Crippen LogP contribution in [0.2, 0.25) is 0 Å². The van der Waals surface area contributed by atoms with Gasteiger partial charge in [-0.3, -0.25) is 4.79 Å². The zero-order chi connectivity index (χ0) is 17.3. The summed E-state index contributed by atoms with van der Waals surface area (Å²) in [5.74, 6) is -1.39. The molecule has 0 saturated carbocycles. The van der Waals surface area contributed by atoms with Crippen molar-refractivity contribution < 1.29 is 23.1 Å². The van der Waals surface area contributed by atoms with Crippen molar-refractivity contribution >= 4 is 5.91 Å². The highest BCUT2D eigenvalue weighted by Gasteiger charge is 2.58. The van der Waals surface area contributed by atoms with Gasteiger partial charge in [0.2, 0.25) is 11.5 Å². The normalized spacial score (nSPS) is 15.5. The van der Waals surface area contributed by atoms with Crippen LogP contribution < -0.4 is 0 Å². The Morgan fingerprint density at radius 1 is 1.36 bits per heavy atom. The molecule has 0 bridgehead atoms. The van der Waals surface area contributed by atoms with E-state index < -0.39 is 29.9 Å². The summed E-state index contributed by atoms with van der Waals surface area (Å²) in [5, 5.41) is 10.2. The van der Waals surface area contributed by atoms with Crippen LogP contribution in [0, 0.1) is 5.41 Å². The first-order valence-electron chi connectivity index (χ1n) is 6.79. The van der Waals surface area contributed by atoms with E-state index in [0.29, 0.717) is 0 Å². The molecule has 0 saturated heterocycles. The van der Waals surface area contributed by atoms with Crippen LogP contribution in [0.5, 0.6) is 0 Å². The third-order valence-electron chi connectivity index (χ3n) is 3.20. The molecular weight excluding hydrogens is 299 g/mol. The lowest BCUT2D eigenvalue weighted by atomic mass is 9.94. The fourth-order valence-corrected chi connectivity index (χ4v) is 2.22. The second-order valence-corrected chi connectivity index (χ2v) is 6.71. The van der Waals surface area contributed by atoms with Crippen molar-refractivity contribution in [1.82, 2.24) is 14.5 Å². The van der Waals surface area contributed by atoms with Crippen molar-refractivity contribution in [3.63, 3.8) is 0 Å². The molecule has 1 aromatic heterocycles. The first-order chi connectivity index (χ1) is 9.78. The van der Waals surface area contributed by atoms with Crippen LogP contribution in [0.25, 0.3) is 0 Å². The number of aromatic nitrogens is 2. The second kappa shape index (κ2) is 5.91. The van der Waals surface area contributed by atoms with E-state index in [1.54, 1.807) is 0 Å². The van der Waals surface area contributed by atoms with E-state index in [0.717, 1.165) is 10.8 Å². The molecule has 1 heterocycles. The van der Waals surface area contributed by atoms with Crippen molar-refractivity contribution in [3.8, 4) is 0 Å². The lowest BCUT2D eigenvalue weighted by Gasteiger charge is -2.32. The average molecular weight is 321 g/mol. The lowest BCUT2D eigenvalue weighted by Crippen LogP contribution is -2.48. The summed E-state index contributed by atoms with van der Waals surface area (Å²) in [7, 11) is 2.76. The van der Waals surface area contributed by atoms with E-state index in [4.69, 9.17) is 0 Å². The molecular formula is C14H22F3N3O2. The molecule has 1 amide bonds. The predicted octanol–water partition coefficient (Wildman–Crippen LogP) is 2.06. The van der Waals surface area contributed by atoms with Gasteiger partial charge in [-0.1, -0.05) is 20.8 Å². The van der Waals surface area contributed by atoms with Gasteiger partial charge in [-0.2, -0.15) is 13.2 Å². The number of imidazole rings is 1. The Bertz CT molecular complexity index is 534. The van der Waals surface area contributed by atoms with Gasteiger partial charge in [0.05, 0.1) is 6.42 Å². The minimum Gasteiger partial charge on any atom is -0.374 e. The van der Waals surface area contributed by atoms with E-state index in [1.165, 1.54) is 25.2 Å². The monoisotopic (exact) mass is 321 g/mol. The number of carbonyl (C=O) groups excluding carboxylic acids is 1. The van der Waals surface area contributed by atoms with Gasteiger partial charge in [0.25, 0.3) is 0 Å². The Morgan fingerprint density at radius 3 is 2.27 bits per heavy atom. The number of nitrogens with zero attached hydrogens (tertiary/aromatic N) is 3. The molecule has 8 heteroatoms. The van der Waals surface area contributed by atoms with Gasteiger partial charge in [0.15, 0.2) is 5.82 Å². The molecule has 0 aliphatic carbocycles. The van der Waals surface area contributed by atoms with Crippen molar-refractivity contribution in [2.24, 2.45) is 12.5 Å². The molecule has 0 aromatic carbocycles. The number of rotatable bonds is 4. The number of hydrogen-bond donors (Lipinski definition) is 1. The minimum absolute atomic E-state index is 0.260. The number of carbonyl (C=O) groups is 1.